The lowest BCUT2D eigenvalue weighted by molar-refractivity contribution is -0.122. The predicted molar refractivity (Wildman–Crippen MR) is 149 cm³/mol. The zero-order valence-electron chi connectivity index (χ0n) is 22.1. The molecule has 4 unspecified atom stereocenters. The van der Waals surface area contributed by atoms with Crippen LogP contribution in [0.25, 0.3) is 0 Å². The van der Waals surface area contributed by atoms with Crippen molar-refractivity contribution in [2.75, 3.05) is 10.6 Å². The van der Waals surface area contributed by atoms with Crippen molar-refractivity contribution >= 4 is 40.7 Å². The van der Waals surface area contributed by atoms with Gasteiger partial charge in [0.1, 0.15) is 17.0 Å². The van der Waals surface area contributed by atoms with Gasteiger partial charge < -0.3 is 21.7 Å². The first kappa shape index (κ1) is 27.7. The van der Waals surface area contributed by atoms with E-state index in [4.69, 9.17) is 17.3 Å². The van der Waals surface area contributed by atoms with Gasteiger partial charge in [-0.25, -0.2) is 8.78 Å². The van der Waals surface area contributed by atoms with Crippen LogP contribution in [-0.4, -0.2) is 29.8 Å². The highest BCUT2D eigenvalue weighted by molar-refractivity contribution is 6.30. The molecular weight excluding hydrogens is 538 g/mol. The molecular formula is C30H29ClF2N4O3. The van der Waals surface area contributed by atoms with Crippen molar-refractivity contribution in [2.45, 2.75) is 50.6 Å². The van der Waals surface area contributed by atoms with Crippen molar-refractivity contribution in [3.05, 3.63) is 94.0 Å². The Kier molecular flexibility index (Phi) is 6.92. The number of hydrogen-bond donors (Lipinski definition) is 4. The number of carbonyl (C=O) groups excluding carboxylic acids is 3. The summed E-state index contributed by atoms with van der Waals surface area (Å²) in [5.41, 5.74) is 4.92. The Morgan fingerprint density at radius 1 is 1.07 bits per heavy atom. The van der Waals surface area contributed by atoms with E-state index in [1.54, 1.807) is 6.07 Å². The number of nitrogens with one attached hydrogen (secondary N) is 3. The van der Waals surface area contributed by atoms with Crippen LogP contribution in [0, 0.1) is 17.0 Å². The highest BCUT2D eigenvalue weighted by Gasteiger charge is 2.66. The second-order valence-corrected chi connectivity index (χ2v) is 11.9. The van der Waals surface area contributed by atoms with E-state index in [0.29, 0.717) is 23.4 Å². The predicted octanol–water partition coefficient (Wildman–Crippen LogP) is 5.11. The molecule has 4 atom stereocenters. The summed E-state index contributed by atoms with van der Waals surface area (Å²) in [6.07, 6.45) is 0.409. The zero-order valence-corrected chi connectivity index (χ0v) is 22.9. The molecule has 1 spiro atoms. The molecule has 1 fully saturated rings. The Bertz CT molecular complexity index is 1520. The molecule has 5 rings (SSSR count). The molecule has 7 nitrogen and oxygen atoms in total. The molecule has 1 saturated heterocycles. The molecule has 0 saturated carbocycles. The number of carbonyl (C=O) groups is 3. The third-order valence-electron chi connectivity index (χ3n) is 7.66. The first-order valence-electron chi connectivity index (χ1n) is 12.8. The molecule has 0 radical (unpaired) electrons. The van der Waals surface area contributed by atoms with Crippen molar-refractivity contribution in [1.82, 2.24) is 5.32 Å². The maximum Gasteiger partial charge on any atom is 0.248 e. The Balaban J connectivity index is 1.69. The molecule has 3 aromatic rings. The van der Waals surface area contributed by atoms with Crippen molar-refractivity contribution < 1.29 is 23.2 Å². The molecule has 3 aromatic carbocycles. The third-order valence-corrected chi connectivity index (χ3v) is 7.95. The molecule has 0 aliphatic carbocycles. The van der Waals surface area contributed by atoms with E-state index in [2.05, 4.69) is 16.0 Å². The zero-order chi connectivity index (χ0) is 29.0. The van der Waals surface area contributed by atoms with Gasteiger partial charge in [-0.2, -0.15) is 0 Å². The van der Waals surface area contributed by atoms with Gasteiger partial charge in [-0.15, -0.1) is 0 Å². The largest absolute Gasteiger partial charge is 0.366 e. The molecule has 10 heteroatoms. The van der Waals surface area contributed by atoms with Gasteiger partial charge in [0, 0.05) is 28.9 Å². The lowest BCUT2D eigenvalue weighted by Gasteiger charge is -2.37. The second kappa shape index (κ2) is 9.98. The van der Waals surface area contributed by atoms with Gasteiger partial charge in [0.25, 0.3) is 0 Å². The van der Waals surface area contributed by atoms with Gasteiger partial charge >= 0.3 is 0 Å². The van der Waals surface area contributed by atoms with E-state index in [1.165, 1.54) is 54.6 Å². The Morgan fingerprint density at radius 2 is 1.77 bits per heavy atom. The van der Waals surface area contributed by atoms with E-state index < -0.39 is 52.8 Å². The van der Waals surface area contributed by atoms with Crippen molar-refractivity contribution in [1.29, 1.82) is 0 Å². The van der Waals surface area contributed by atoms with Crippen LogP contribution < -0.4 is 21.7 Å². The number of halogens is 3. The van der Waals surface area contributed by atoms with Gasteiger partial charge in [-0.3, -0.25) is 14.4 Å². The van der Waals surface area contributed by atoms with E-state index in [-0.39, 0.29) is 21.6 Å². The minimum atomic E-state index is -1.53. The van der Waals surface area contributed by atoms with Crippen LogP contribution in [0.15, 0.2) is 60.7 Å². The smallest absolute Gasteiger partial charge is 0.248 e. The summed E-state index contributed by atoms with van der Waals surface area (Å²) in [6.45, 7) is 5.97. The van der Waals surface area contributed by atoms with Gasteiger partial charge in [-0.1, -0.05) is 44.5 Å². The minimum Gasteiger partial charge on any atom is -0.366 e. The monoisotopic (exact) mass is 566 g/mol. The van der Waals surface area contributed by atoms with E-state index >= 15 is 4.39 Å². The van der Waals surface area contributed by atoms with E-state index in [1.807, 2.05) is 20.8 Å². The van der Waals surface area contributed by atoms with Crippen LogP contribution in [0.3, 0.4) is 0 Å². The van der Waals surface area contributed by atoms with E-state index in [9.17, 15) is 18.8 Å². The fourth-order valence-corrected chi connectivity index (χ4v) is 6.26. The first-order valence-corrected chi connectivity index (χ1v) is 13.2. The van der Waals surface area contributed by atoms with Gasteiger partial charge in [0.05, 0.1) is 11.1 Å². The fraction of sp³-hybridized carbons (Fsp3) is 0.300. The third kappa shape index (κ3) is 4.63. The van der Waals surface area contributed by atoms with Crippen molar-refractivity contribution in [3.63, 3.8) is 0 Å². The second-order valence-electron chi connectivity index (χ2n) is 11.5. The lowest BCUT2D eigenvalue weighted by atomic mass is 9.62. The summed E-state index contributed by atoms with van der Waals surface area (Å²) >= 11 is 6.20. The fourth-order valence-electron chi connectivity index (χ4n) is 6.08. The van der Waals surface area contributed by atoms with Crippen LogP contribution >= 0.6 is 11.6 Å². The molecule has 208 valence electrons. The van der Waals surface area contributed by atoms with Crippen LogP contribution in [0.1, 0.15) is 54.6 Å². The Hall–Kier alpha value is -3.82. The van der Waals surface area contributed by atoms with Gasteiger partial charge in [0.2, 0.25) is 17.7 Å². The summed E-state index contributed by atoms with van der Waals surface area (Å²) in [5.74, 6) is -4.02. The summed E-state index contributed by atoms with van der Waals surface area (Å²) in [6, 6.07) is 12.7. The average Bonchev–Trinajstić information content (AvgIpc) is 3.35. The maximum atomic E-state index is 15.8. The molecule has 0 bridgehead atoms. The maximum absolute atomic E-state index is 15.8. The highest BCUT2D eigenvalue weighted by atomic mass is 35.5. The number of primary amides is 1. The molecule has 2 aliphatic heterocycles. The molecule has 2 heterocycles. The van der Waals surface area contributed by atoms with Gasteiger partial charge in [-0.05, 0) is 71.5 Å². The summed E-state index contributed by atoms with van der Waals surface area (Å²) < 4.78 is 30.5. The number of rotatable bonds is 5. The molecule has 2 aliphatic rings. The van der Waals surface area contributed by atoms with Crippen LogP contribution in [0.5, 0.6) is 0 Å². The topological polar surface area (TPSA) is 113 Å². The number of benzene rings is 3. The molecule has 0 aromatic heterocycles. The van der Waals surface area contributed by atoms with Crippen molar-refractivity contribution in [3.8, 4) is 0 Å². The van der Waals surface area contributed by atoms with E-state index in [0.717, 1.165) is 0 Å². The minimum absolute atomic E-state index is 0.0629. The Labute approximate surface area is 235 Å². The summed E-state index contributed by atoms with van der Waals surface area (Å²) in [5, 5.41) is 8.84. The molecule has 40 heavy (non-hydrogen) atoms. The average molecular weight is 567 g/mol. The number of hydrogen-bond acceptors (Lipinski definition) is 4. The number of nitrogens with two attached hydrogens (primary N) is 1. The molecule has 5 N–H and O–H groups in total. The first-order chi connectivity index (χ1) is 18.8. The number of anilines is 2. The lowest BCUT2D eigenvalue weighted by Crippen LogP contribution is -2.49. The Morgan fingerprint density at radius 3 is 2.42 bits per heavy atom. The summed E-state index contributed by atoms with van der Waals surface area (Å²) in [7, 11) is 0. The molecule has 3 amide bonds. The number of fused-ring (bicyclic) bond motifs is 2. The van der Waals surface area contributed by atoms with Crippen LogP contribution in [-0.2, 0) is 15.0 Å². The highest BCUT2D eigenvalue weighted by Crippen LogP contribution is 2.57. The summed E-state index contributed by atoms with van der Waals surface area (Å²) in [4.78, 5) is 39.5. The number of amides is 3. The van der Waals surface area contributed by atoms with Crippen molar-refractivity contribution in [2.24, 2.45) is 11.1 Å². The van der Waals surface area contributed by atoms with Crippen LogP contribution in [0.4, 0.5) is 20.2 Å². The SMILES string of the molecule is CC(C)(C)CC1NC(C(=O)Nc2ccc(C(N)=O)cc2)C(c2cccc(Cl)c2F)C12C(=O)Nc1ccc(F)cc12. The van der Waals surface area contributed by atoms with Crippen LogP contribution in [0.2, 0.25) is 5.02 Å². The van der Waals surface area contributed by atoms with Gasteiger partial charge in [0.15, 0.2) is 0 Å². The standard InChI is InChI=1S/C30H29ClF2N4O3/c1-29(2,3)14-22-30(19-13-16(32)9-12-21(19)36-28(30)40)23(18-5-4-6-20(31)24(18)33)25(37-22)27(39)35-17-10-7-15(8-11-17)26(34)38/h4-13,22-23,25,37H,14H2,1-3H3,(H2,34,38)(H,35,39)(H,36,40). The quantitative estimate of drug-likeness (QED) is 0.344. The normalized spacial score (nSPS) is 23.6.